The quantitative estimate of drug-likeness (QED) is 0.942. The van der Waals surface area contributed by atoms with Crippen molar-refractivity contribution in [2.24, 2.45) is 0 Å². The molecule has 4 nitrogen and oxygen atoms in total. The van der Waals surface area contributed by atoms with Gasteiger partial charge in [0.15, 0.2) is 0 Å². The normalized spacial score (nSPS) is 15.1. The third-order valence-corrected chi connectivity index (χ3v) is 3.16. The van der Waals surface area contributed by atoms with Crippen LogP contribution in [0.4, 0.5) is 0 Å². The van der Waals surface area contributed by atoms with Gasteiger partial charge < -0.3 is 9.84 Å². The lowest BCUT2D eigenvalue weighted by Gasteiger charge is -1.95. The fourth-order valence-electron chi connectivity index (χ4n) is 1.59. The zero-order valence-corrected chi connectivity index (χ0v) is 10.8. The molecule has 5 heteroatoms. The van der Waals surface area contributed by atoms with Gasteiger partial charge in [-0.2, -0.15) is 4.98 Å². The predicted octanol–water partition coefficient (Wildman–Crippen LogP) is 2.75. The van der Waals surface area contributed by atoms with Gasteiger partial charge in [0.05, 0.1) is 6.54 Å². The number of aromatic nitrogens is 2. The number of nitrogens with zero attached hydrogens (tertiary/aromatic N) is 2. The highest BCUT2D eigenvalue weighted by molar-refractivity contribution is 9.10. The van der Waals surface area contributed by atoms with E-state index in [0.29, 0.717) is 24.3 Å². The Balaban J connectivity index is 1.74. The number of benzene rings is 1. The molecule has 1 heterocycles. The minimum atomic E-state index is 0.638. The molecule has 0 unspecified atom stereocenters. The second-order valence-electron chi connectivity index (χ2n) is 4.18. The summed E-state index contributed by atoms with van der Waals surface area (Å²) in [4.78, 5) is 4.36. The first-order chi connectivity index (χ1) is 8.31. The molecule has 0 amide bonds. The Morgan fingerprint density at radius 1 is 1.41 bits per heavy atom. The maximum Gasteiger partial charge on any atom is 0.240 e. The molecule has 1 aliphatic rings. The van der Waals surface area contributed by atoms with E-state index >= 15 is 0 Å². The van der Waals surface area contributed by atoms with Crippen molar-refractivity contribution in [1.82, 2.24) is 15.5 Å². The molecule has 0 aliphatic heterocycles. The fraction of sp³-hybridized carbons (Fsp3) is 0.333. The molecular weight excluding hydrogens is 282 g/mol. The van der Waals surface area contributed by atoms with Gasteiger partial charge in [-0.1, -0.05) is 33.2 Å². The Labute approximate surface area is 108 Å². The highest BCUT2D eigenvalue weighted by Crippen LogP contribution is 2.21. The topological polar surface area (TPSA) is 51.0 Å². The van der Waals surface area contributed by atoms with Crippen LogP contribution in [-0.2, 0) is 6.54 Å². The van der Waals surface area contributed by atoms with Crippen molar-refractivity contribution in [2.45, 2.75) is 25.4 Å². The summed E-state index contributed by atoms with van der Waals surface area (Å²) in [6.45, 7) is 0.658. The molecule has 2 aromatic rings. The number of rotatable bonds is 4. The van der Waals surface area contributed by atoms with E-state index < -0.39 is 0 Å². The zero-order chi connectivity index (χ0) is 11.7. The van der Waals surface area contributed by atoms with E-state index in [4.69, 9.17) is 4.52 Å². The summed E-state index contributed by atoms with van der Waals surface area (Å²) in [5, 5.41) is 7.32. The second-order valence-corrected chi connectivity index (χ2v) is 5.09. The van der Waals surface area contributed by atoms with Crippen LogP contribution in [-0.4, -0.2) is 16.2 Å². The number of nitrogens with one attached hydrogen (secondary N) is 1. The lowest BCUT2D eigenvalue weighted by molar-refractivity contribution is 0.367. The summed E-state index contributed by atoms with van der Waals surface area (Å²) in [5.74, 6) is 1.28. The van der Waals surface area contributed by atoms with Gasteiger partial charge in [0.1, 0.15) is 0 Å². The molecule has 1 saturated carbocycles. The van der Waals surface area contributed by atoms with Gasteiger partial charge in [0, 0.05) is 16.1 Å². The minimum absolute atomic E-state index is 0.638. The van der Waals surface area contributed by atoms with Crippen molar-refractivity contribution < 1.29 is 4.52 Å². The molecule has 1 N–H and O–H groups in total. The molecule has 0 radical (unpaired) electrons. The monoisotopic (exact) mass is 293 g/mol. The maximum atomic E-state index is 5.20. The summed E-state index contributed by atoms with van der Waals surface area (Å²) in [5.41, 5.74) is 0.959. The molecule has 17 heavy (non-hydrogen) atoms. The molecule has 1 fully saturated rings. The highest BCUT2D eigenvalue weighted by Gasteiger charge is 2.21. The molecule has 0 bridgehead atoms. The Bertz CT molecular complexity index is 522. The van der Waals surface area contributed by atoms with Crippen LogP contribution < -0.4 is 5.32 Å². The smallest absolute Gasteiger partial charge is 0.240 e. The van der Waals surface area contributed by atoms with Crippen LogP contribution in [0.15, 0.2) is 33.3 Å². The largest absolute Gasteiger partial charge is 0.338 e. The third kappa shape index (κ3) is 2.73. The van der Waals surface area contributed by atoms with Crippen LogP contribution in [0.5, 0.6) is 0 Å². The van der Waals surface area contributed by atoms with Crippen molar-refractivity contribution in [3.05, 3.63) is 34.6 Å². The Morgan fingerprint density at radius 3 is 3.06 bits per heavy atom. The molecule has 0 atom stereocenters. The standard InChI is InChI=1S/C12H12BrN3O/c13-9-3-1-2-8(6-9)12-15-11(17-16-12)7-14-10-4-5-10/h1-3,6,10,14H,4-5,7H2. The van der Waals surface area contributed by atoms with Gasteiger partial charge in [-0.25, -0.2) is 0 Å². The first-order valence-corrected chi connectivity index (χ1v) is 6.42. The van der Waals surface area contributed by atoms with Crippen LogP contribution >= 0.6 is 15.9 Å². The summed E-state index contributed by atoms with van der Waals surface area (Å²) in [6, 6.07) is 8.52. The van der Waals surface area contributed by atoms with Gasteiger partial charge >= 0.3 is 0 Å². The van der Waals surface area contributed by atoms with Gasteiger partial charge in [0.2, 0.25) is 11.7 Å². The SMILES string of the molecule is Brc1cccc(-c2noc(CNC3CC3)n2)c1. The molecule has 1 aliphatic carbocycles. The molecule has 1 aromatic heterocycles. The first kappa shape index (κ1) is 10.9. The van der Waals surface area contributed by atoms with Gasteiger partial charge in [-0.05, 0) is 25.0 Å². The Kier molecular flexibility index (Phi) is 2.94. The summed E-state index contributed by atoms with van der Waals surface area (Å²) < 4.78 is 6.21. The van der Waals surface area contributed by atoms with Crippen LogP contribution in [0.2, 0.25) is 0 Å². The second kappa shape index (κ2) is 4.58. The fourth-order valence-corrected chi connectivity index (χ4v) is 1.99. The van der Waals surface area contributed by atoms with Crippen LogP contribution in [0.25, 0.3) is 11.4 Å². The van der Waals surface area contributed by atoms with Crippen molar-refractivity contribution in [2.75, 3.05) is 0 Å². The van der Waals surface area contributed by atoms with Gasteiger partial charge in [-0.3, -0.25) is 0 Å². The zero-order valence-electron chi connectivity index (χ0n) is 9.19. The maximum absolute atomic E-state index is 5.20. The summed E-state index contributed by atoms with van der Waals surface area (Å²) in [7, 11) is 0. The van der Waals surface area contributed by atoms with E-state index in [-0.39, 0.29) is 0 Å². The lowest BCUT2D eigenvalue weighted by Crippen LogP contribution is -2.15. The van der Waals surface area contributed by atoms with Crippen molar-refractivity contribution in [3.8, 4) is 11.4 Å². The molecule has 0 saturated heterocycles. The third-order valence-electron chi connectivity index (χ3n) is 2.67. The average molecular weight is 294 g/mol. The molecule has 3 rings (SSSR count). The minimum Gasteiger partial charge on any atom is -0.338 e. The molecule has 1 aromatic carbocycles. The lowest BCUT2D eigenvalue weighted by atomic mass is 10.2. The van der Waals surface area contributed by atoms with E-state index in [9.17, 15) is 0 Å². The van der Waals surface area contributed by atoms with E-state index in [2.05, 4.69) is 31.4 Å². The number of hydrogen-bond donors (Lipinski definition) is 1. The van der Waals surface area contributed by atoms with Crippen molar-refractivity contribution in [3.63, 3.8) is 0 Å². The molecule has 88 valence electrons. The highest BCUT2D eigenvalue weighted by atomic mass is 79.9. The van der Waals surface area contributed by atoms with E-state index in [1.165, 1.54) is 12.8 Å². The number of halogens is 1. The van der Waals surface area contributed by atoms with E-state index in [1.54, 1.807) is 0 Å². The van der Waals surface area contributed by atoms with E-state index in [1.807, 2.05) is 24.3 Å². The summed E-state index contributed by atoms with van der Waals surface area (Å²) in [6.07, 6.45) is 2.51. The first-order valence-electron chi connectivity index (χ1n) is 5.63. The van der Waals surface area contributed by atoms with Crippen molar-refractivity contribution >= 4 is 15.9 Å². The Hall–Kier alpha value is -1.20. The van der Waals surface area contributed by atoms with Gasteiger partial charge in [0.25, 0.3) is 0 Å². The van der Waals surface area contributed by atoms with E-state index in [0.717, 1.165) is 10.0 Å². The number of hydrogen-bond acceptors (Lipinski definition) is 4. The average Bonchev–Trinajstić information content (AvgIpc) is 3.04. The van der Waals surface area contributed by atoms with Gasteiger partial charge in [-0.15, -0.1) is 0 Å². The van der Waals surface area contributed by atoms with Crippen LogP contribution in [0.3, 0.4) is 0 Å². The Morgan fingerprint density at radius 2 is 2.29 bits per heavy atom. The molecule has 0 spiro atoms. The van der Waals surface area contributed by atoms with Crippen molar-refractivity contribution in [1.29, 1.82) is 0 Å². The van der Waals surface area contributed by atoms with Crippen LogP contribution in [0.1, 0.15) is 18.7 Å². The molecular formula is C12H12BrN3O. The predicted molar refractivity (Wildman–Crippen MR) is 67.3 cm³/mol. The summed E-state index contributed by atoms with van der Waals surface area (Å²) >= 11 is 3.43. The van der Waals surface area contributed by atoms with Crippen LogP contribution in [0, 0.1) is 0 Å².